The van der Waals surface area contributed by atoms with E-state index in [-0.39, 0.29) is 18.7 Å². The highest BCUT2D eigenvalue weighted by molar-refractivity contribution is 7.19. The van der Waals surface area contributed by atoms with Gasteiger partial charge in [0.15, 0.2) is 12.1 Å². The lowest BCUT2D eigenvalue weighted by molar-refractivity contribution is -0.155. The molecule has 2 fully saturated rings. The number of ether oxygens (including phenoxy) is 2. The highest BCUT2D eigenvalue weighted by atomic mass is 32.1. The van der Waals surface area contributed by atoms with Gasteiger partial charge < -0.3 is 19.7 Å². The van der Waals surface area contributed by atoms with Crippen molar-refractivity contribution in [2.45, 2.75) is 44.9 Å². The van der Waals surface area contributed by atoms with Gasteiger partial charge in [0.2, 0.25) is 5.95 Å². The molecular weight excluding hydrogens is 448 g/mol. The van der Waals surface area contributed by atoms with Gasteiger partial charge in [0.05, 0.1) is 5.56 Å². The van der Waals surface area contributed by atoms with Crippen molar-refractivity contribution >= 4 is 33.2 Å². The number of nitrogens with one attached hydrogen (secondary N) is 1. The van der Waals surface area contributed by atoms with Crippen LogP contribution >= 0.6 is 11.3 Å². The van der Waals surface area contributed by atoms with Crippen LogP contribution in [0, 0.1) is 5.92 Å². The standard InChI is InChI=1S/C26H32N4O3S/c31-23(18-33-25-7-3-4-12-32-25)21-15-28-26(29-16-21)30-10-8-19(9-11-30)14-27-17-22-13-20-5-1-2-6-24(20)34-22/h1-2,5-6,13,15-16,19,25,27H,3-4,7-12,14,17-18H2. The maximum absolute atomic E-state index is 12.4. The Bertz CT molecular complexity index is 1040. The summed E-state index contributed by atoms with van der Waals surface area (Å²) in [5, 5.41) is 4.97. The summed E-state index contributed by atoms with van der Waals surface area (Å²) in [6, 6.07) is 10.8. The predicted molar refractivity (Wildman–Crippen MR) is 134 cm³/mol. The van der Waals surface area contributed by atoms with Crippen molar-refractivity contribution in [1.29, 1.82) is 0 Å². The van der Waals surface area contributed by atoms with Crippen molar-refractivity contribution in [3.63, 3.8) is 0 Å². The number of anilines is 1. The molecule has 2 aliphatic heterocycles. The molecule has 4 heterocycles. The smallest absolute Gasteiger partial charge is 0.225 e. The fourth-order valence-electron chi connectivity index (χ4n) is 4.58. The summed E-state index contributed by atoms with van der Waals surface area (Å²) in [6.07, 6.45) is 8.18. The Balaban J connectivity index is 1.03. The molecule has 2 aliphatic rings. The number of carbonyl (C=O) groups excluding carboxylic acids is 1. The lowest BCUT2D eigenvalue weighted by Crippen LogP contribution is -2.38. The van der Waals surface area contributed by atoms with Crippen molar-refractivity contribution in [3.8, 4) is 0 Å². The van der Waals surface area contributed by atoms with Crippen molar-refractivity contribution < 1.29 is 14.3 Å². The first-order valence-electron chi connectivity index (χ1n) is 12.3. The molecule has 3 aromatic rings. The Morgan fingerprint density at radius 1 is 1.15 bits per heavy atom. The first kappa shape index (κ1) is 23.4. The minimum absolute atomic E-state index is 0.00721. The fourth-order valence-corrected chi connectivity index (χ4v) is 5.62. The molecule has 5 rings (SSSR count). The predicted octanol–water partition coefficient (Wildman–Crippen LogP) is 4.42. The number of nitrogens with zero attached hydrogens (tertiary/aromatic N) is 3. The molecule has 180 valence electrons. The van der Waals surface area contributed by atoms with Crippen LogP contribution in [-0.4, -0.2) is 54.9 Å². The van der Waals surface area contributed by atoms with Gasteiger partial charge >= 0.3 is 0 Å². The Morgan fingerprint density at radius 2 is 1.97 bits per heavy atom. The number of Topliss-reactive ketones (excluding diaryl/α,β-unsaturated/α-hetero) is 1. The van der Waals surface area contributed by atoms with Crippen LogP contribution in [0.25, 0.3) is 10.1 Å². The van der Waals surface area contributed by atoms with Crippen molar-refractivity contribution in [2.24, 2.45) is 5.92 Å². The normalized spacial score (nSPS) is 19.5. The van der Waals surface area contributed by atoms with E-state index < -0.39 is 0 Å². The SMILES string of the molecule is O=C(COC1CCCCO1)c1cnc(N2CCC(CNCc3cc4ccccc4s3)CC2)nc1. The second-order valence-electron chi connectivity index (χ2n) is 9.11. The third-order valence-electron chi connectivity index (χ3n) is 6.60. The molecule has 2 saturated heterocycles. The molecule has 1 N–H and O–H groups in total. The van der Waals surface area contributed by atoms with Crippen LogP contribution in [0.3, 0.4) is 0 Å². The number of rotatable bonds is 9. The van der Waals surface area contributed by atoms with Crippen LogP contribution in [0.2, 0.25) is 0 Å². The minimum Gasteiger partial charge on any atom is -0.353 e. The van der Waals surface area contributed by atoms with Crippen LogP contribution in [-0.2, 0) is 16.0 Å². The quantitative estimate of drug-likeness (QED) is 0.454. The number of piperidine rings is 1. The summed E-state index contributed by atoms with van der Waals surface area (Å²) in [5.41, 5.74) is 0.486. The van der Waals surface area contributed by atoms with Gasteiger partial charge in [-0.2, -0.15) is 0 Å². The first-order valence-corrected chi connectivity index (χ1v) is 13.1. The van der Waals surface area contributed by atoms with Crippen molar-refractivity contribution in [3.05, 3.63) is 53.2 Å². The average molecular weight is 481 g/mol. The summed E-state index contributed by atoms with van der Waals surface area (Å²) in [6.45, 7) is 4.54. The fraction of sp³-hybridized carbons (Fsp3) is 0.500. The van der Waals surface area contributed by atoms with E-state index in [2.05, 4.69) is 50.5 Å². The Labute approximate surface area is 204 Å². The summed E-state index contributed by atoms with van der Waals surface area (Å²) < 4.78 is 12.5. The third kappa shape index (κ3) is 5.99. The summed E-state index contributed by atoms with van der Waals surface area (Å²) >= 11 is 1.87. The zero-order chi connectivity index (χ0) is 23.2. The molecule has 1 aromatic carbocycles. The molecule has 0 amide bonds. The van der Waals surface area contributed by atoms with Crippen LogP contribution in [0.1, 0.15) is 47.3 Å². The zero-order valence-corrected chi connectivity index (χ0v) is 20.3. The van der Waals surface area contributed by atoms with E-state index in [0.717, 1.165) is 58.3 Å². The van der Waals surface area contributed by atoms with E-state index in [1.807, 2.05) is 11.3 Å². The second-order valence-corrected chi connectivity index (χ2v) is 10.3. The molecule has 8 heteroatoms. The van der Waals surface area contributed by atoms with Gasteiger partial charge in [-0.3, -0.25) is 4.79 Å². The molecule has 0 saturated carbocycles. The number of ketones is 1. The minimum atomic E-state index is -0.265. The molecule has 1 atom stereocenters. The summed E-state index contributed by atoms with van der Waals surface area (Å²) in [4.78, 5) is 24.9. The average Bonchev–Trinajstić information content (AvgIpc) is 3.31. The number of benzene rings is 1. The first-order chi connectivity index (χ1) is 16.7. The van der Waals surface area contributed by atoms with Gasteiger partial charge in [-0.25, -0.2) is 9.97 Å². The van der Waals surface area contributed by atoms with E-state index in [4.69, 9.17) is 9.47 Å². The van der Waals surface area contributed by atoms with E-state index in [0.29, 0.717) is 24.0 Å². The molecule has 1 unspecified atom stereocenters. The summed E-state index contributed by atoms with van der Waals surface area (Å²) in [7, 11) is 0. The molecule has 2 aromatic heterocycles. The number of fused-ring (bicyclic) bond motifs is 1. The number of hydrogen-bond donors (Lipinski definition) is 1. The molecule has 0 bridgehead atoms. The monoisotopic (exact) mass is 480 g/mol. The van der Waals surface area contributed by atoms with Gasteiger partial charge in [-0.15, -0.1) is 11.3 Å². The van der Waals surface area contributed by atoms with E-state index in [1.54, 1.807) is 12.4 Å². The number of carbonyl (C=O) groups is 1. The van der Waals surface area contributed by atoms with Crippen LogP contribution in [0.4, 0.5) is 5.95 Å². The van der Waals surface area contributed by atoms with Gasteiger partial charge in [0, 0.05) is 48.2 Å². The van der Waals surface area contributed by atoms with Crippen LogP contribution in [0.15, 0.2) is 42.7 Å². The molecule has 34 heavy (non-hydrogen) atoms. The highest BCUT2D eigenvalue weighted by Crippen LogP contribution is 2.25. The topological polar surface area (TPSA) is 76.6 Å². The van der Waals surface area contributed by atoms with Crippen LogP contribution < -0.4 is 10.2 Å². The molecule has 7 nitrogen and oxygen atoms in total. The lowest BCUT2D eigenvalue weighted by atomic mass is 9.97. The molecule has 0 aliphatic carbocycles. The van der Waals surface area contributed by atoms with Gasteiger partial charge in [0.1, 0.15) is 6.61 Å². The number of thiophene rings is 1. The molecule has 0 spiro atoms. The van der Waals surface area contributed by atoms with Crippen molar-refractivity contribution in [1.82, 2.24) is 15.3 Å². The number of hydrogen-bond acceptors (Lipinski definition) is 8. The summed E-state index contributed by atoms with van der Waals surface area (Å²) in [5.74, 6) is 1.25. The maximum Gasteiger partial charge on any atom is 0.225 e. The van der Waals surface area contributed by atoms with Gasteiger partial charge in [0.25, 0.3) is 0 Å². The second kappa shape index (κ2) is 11.4. The third-order valence-corrected chi connectivity index (χ3v) is 7.72. The Hall–Kier alpha value is -2.39. The zero-order valence-electron chi connectivity index (χ0n) is 19.4. The largest absolute Gasteiger partial charge is 0.353 e. The molecular formula is C26H32N4O3S. The van der Waals surface area contributed by atoms with E-state index in [9.17, 15) is 4.79 Å². The van der Waals surface area contributed by atoms with E-state index >= 15 is 0 Å². The lowest BCUT2D eigenvalue weighted by Gasteiger charge is -2.32. The van der Waals surface area contributed by atoms with Gasteiger partial charge in [-0.1, -0.05) is 18.2 Å². The molecule has 0 radical (unpaired) electrons. The Kier molecular flexibility index (Phi) is 7.80. The number of aromatic nitrogens is 2. The van der Waals surface area contributed by atoms with Crippen LogP contribution in [0.5, 0.6) is 0 Å². The van der Waals surface area contributed by atoms with Gasteiger partial charge in [-0.05, 0) is 62.1 Å². The highest BCUT2D eigenvalue weighted by Gasteiger charge is 2.22. The maximum atomic E-state index is 12.4. The Morgan fingerprint density at radius 3 is 2.74 bits per heavy atom. The van der Waals surface area contributed by atoms with Crippen molar-refractivity contribution in [2.75, 3.05) is 37.7 Å². The van der Waals surface area contributed by atoms with E-state index in [1.165, 1.54) is 15.0 Å².